The van der Waals surface area contributed by atoms with Gasteiger partial charge in [0.1, 0.15) is 0 Å². The third-order valence-electron chi connectivity index (χ3n) is 4.32. The number of aliphatic imine (C=N–C) groups is 1. The lowest BCUT2D eigenvalue weighted by molar-refractivity contribution is 0.287. The Labute approximate surface area is 205 Å². The second-order valence-corrected chi connectivity index (χ2v) is 8.13. The van der Waals surface area contributed by atoms with Crippen LogP contribution >= 0.6 is 24.0 Å². The second kappa shape index (κ2) is 15.1. The molecule has 2 rings (SSSR count). The first kappa shape index (κ1) is 27.2. The van der Waals surface area contributed by atoms with E-state index in [1.54, 1.807) is 0 Å². The maximum Gasteiger partial charge on any atom is 0.191 e. The summed E-state index contributed by atoms with van der Waals surface area (Å²) in [7, 11) is -1.06. The molecule has 2 aromatic carbocycles. The van der Waals surface area contributed by atoms with Crippen molar-refractivity contribution in [2.24, 2.45) is 4.99 Å². The van der Waals surface area contributed by atoms with Crippen LogP contribution in [0.25, 0.3) is 0 Å². The smallest absolute Gasteiger partial charge is 0.191 e. The van der Waals surface area contributed by atoms with Gasteiger partial charge in [0.25, 0.3) is 0 Å². The zero-order valence-corrected chi connectivity index (χ0v) is 21.9. The quantitative estimate of drug-likeness (QED) is 0.241. The van der Waals surface area contributed by atoms with E-state index in [9.17, 15) is 4.21 Å². The van der Waals surface area contributed by atoms with Gasteiger partial charge in [-0.2, -0.15) is 0 Å². The van der Waals surface area contributed by atoms with Crippen molar-refractivity contribution in [1.29, 1.82) is 0 Å². The van der Waals surface area contributed by atoms with Gasteiger partial charge >= 0.3 is 0 Å². The molecule has 6 nitrogen and oxygen atoms in total. The highest BCUT2D eigenvalue weighted by atomic mass is 127. The number of hydrogen-bond donors (Lipinski definition) is 2. The Morgan fingerprint density at radius 2 is 1.71 bits per heavy atom. The summed E-state index contributed by atoms with van der Waals surface area (Å²) in [4.78, 5) is 5.43. The zero-order chi connectivity index (χ0) is 21.8. The van der Waals surface area contributed by atoms with Gasteiger partial charge in [-0.1, -0.05) is 24.3 Å². The molecule has 0 aliphatic heterocycles. The minimum atomic E-state index is -1.06. The summed E-state index contributed by atoms with van der Waals surface area (Å²) in [5.41, 5.74) is 1.07. The van der Waals surface area contributed by atoms with E-state index in [1.165, 1.54) is 0 Å². The third kappa shape index (κ3) is 9.06. The van der Waals surface area contributed by atoms with Gasteiger partial charge in [-0.05, 0) is 57.5 Å². The Kier molecular flexibility index (Phi) is 13.2. The molecule has 0 fully saturated rings. The lowest BCUT2D eigenvalue weighted by Crippen LogP contribution is -2.39. The Morgan fingerprint density at radius 1 is 1.03 bits per heavy atom. The van der Waals surface area contributed by atoms with Crippen LogP contribution in [0.4, 0.5) is 0 Å². The monoisotopic (exact) mass is 559 g/mol. The standard InChI is InChI=1S/C23H33N3O3S.HI/c1-5-24-23(25-15-16-30(27)20-11-9-8-10-12-20)26-18(4)19-13-14-21(28-6-2)22(17-19)29-7-3;/h8-14,17-18H,5-7,15-16H2,1-4H3,(H2,24,25,26);1H. The van der Waals surface area contributed by atoms with E-state index < -0.39 is 10.8 Å². The third-order valence-corrected chi connectivity index (χ3v) is 5.67. The normalized spacial score (nSPS) is 13.0. The molecule has 2 aromatic rings. The number of guanidine groups is 1. The summed E-state index contributed by atoms with van der Waals surface area (Å²) in [6.45, 7) is 10.4. The van der Waals surface area contributed by atoms with Crippen LogP contribution in [0, 0.1) is 0 Å². The summed E-state index contributed by atoms with van der Waals surface area (Å²) >= 11 is 0. The first-order valence-electron chi connectivity index (χ1n) is 10.5. The summed E-state index contributed by atoms with van der Waals surface area (Å²) in [5.74, 6) is 2.67. The highest BCUT2D eigenvalue weighted by molar-refractivity contribution is 14.0. The maximum absolute atomic E-state index is 12.4. The van der Waals surface area contributed by atoms with Crippen LogP contribution in [0.2, 0.25) is 0 Å². The van der Waals surface area contributed by atoms with Crippen molar-refractivity contribution in [3.63, 3.8) is 0 Å². The van der Waals surface area contributed by atoms with Crippen molar-refractivity contribution in [3.8, 4) is 11.5 Å². The van der Waals surface area contributed by atoms with Crippen molar-refractivity contribution in [2.75, 3.05) is 32.1 Å². The molecule has 2 atom stereocenters. The number of ether oxygens (including phenoxy) is 2. The molecule has 2 N–H and O–H groups in total. The van der Waals surface area contributed by atoms with Gasteiger partial charge in [0.05, 0.1) is 36.6 Å². The molecule has 2 unspecified atom stereocenters. The molecular weight excluding hydrogens is 525 g/mol. The van der Waals surface area contributed by atoms with Gasteiger partial charge in [-0.25, -0.2) is 0 Å². The number of nitrogens with one attached hydrogen (secondary N) is 2. The fourth-order valence-corrected chi connectivity index (χ4v) is 3.83. The van der Waals surface area contributed by atoms with Crippen LogP contribution in [0.3, 0.4) is 0 Å². The van der Waals surface area contributed by atoms with Crippen LogP contribution in [-0.2, 0) is 10.8 Å². The molecule has 0 saturated heterocycles. The number of nitrogens with zero attached hydrogens (tertiary/aromatic N) is 1. The van der Waals surface area contributed by atoms with Crippen LogP contribution in [0.1, 0.15) is 39.3 Å². The van der Waals surface area contributed by atoms with E-state index in [1.807, 2.05) is 69.3 Å². The highest BCUT2D eigenvalue weighted by Crippen LogP contribution is 2.30. The SMILES string of the molecule is CCNC(=NCCS(=O)c1ccccc1)NC(C)c1ccc(OCC)c(OCC)c1.I. The van der Waals surface area contributed by atoms with Gasteiger partial charge in [0, 0.05) is 17.2 Å². The molecule has 31 heavy (non-hydrogen) atoms. The minimum Gasteiger partial charge on any atom is -0.490 e. The van der Waals surface area contributed by atoms with E-state index in [0.29, 0.717) is 31.5 Å². The summed E-state index contributed by atoms with van der Waals surface area (Å²) in [6.07, 6.45) is 0. The molecule has 0 aliphatic rings. The Balaban J connectivity index is 0.00000480. The minimum absolute atomic E-state index is 0. The van der Waals surface area contributed by atoms with Crippen molar-refractivity contribution in [2.45, 2.75) is 38.6 Å². The topological polar surface area (TPSA) is 72.0 Å². The first-order valence-corrected chi connectivity index (χ1v) is 11.8. The highest BCUT2D eigenvalue weighted by Gasteiger charge is 2.12. The Bertz CT molecular complexity index is 834. The molecule has 0 spiro atoms. The van der Waals surface area contributed by atoms with Crippen LogP contribution < -0.4 is 20.1 Å². The van der Waals surface area contributed by atoms with E-state index >= 15 is 0 Å². The van der Waals surface area contributed by atoms with Gasteiger partial charge in [-0.15, -0.1) is 24.0 Å². The number of rotatable bonds is 11. The van der Waals surface area contributed by atoms with E-state index in [-0.39, 0.29) is 30.0 Å². The molecule has 0 saturated carbocycles. The van der Waals surface area contributed by atoms with Crippen molar-refractivity contribution >= 4 is 40.7 Å². The van der Waals surface area contributed by atoms with E-state index in [0.717, 1.165) is 28.5 Å². The lowest BCUT2D eigenvalue weighted by atomic mass is 10.1. The maximum atomic E-state index is 12.4. The van der Waals surface area contributed by atoms with Gasteiger partial charge < -0.3 is 20.1 Å². The molecule has 8 heteroatoms. The molecule has 0 bridgehead atoms. The zero-order valence-electron chi connectivity index (χ0n) is 18.7. The molecule has 0 aromatic heterocycles. The van der Waals surface area contributed by atoms with Gasteiger partial charge in [0.15, 0.2) is 17.5 Å². The molecule has 172 valence electrons. The Morgan fingerprint density at radius 3 is 2.35 bits per heavy atom. The van der Waals surface area contributed by atoms with Crippen molar-refractivity contribution < 1.29 is 13.7 Å². The van der Waals surface area contributed by atoms with Crippen LogP contribution in [-0.4, -0.2) is 42.2 Å². The van der Waals surface area contributed by atoms with Gasteiger partial charge in [-0.3, -0.25) is 9.20 Å². The largest absolute Gasteiger partial charge is 0.490 e. The second-order valence-electron chi connectivity index (χ2n) is 6.56. The fourth-order valence-electron chi connectivity index (χ4n) is 2.88. The number of benzene rings is 2. The number of hydrogen-bond acceptors (Lipinski definition) is 4. The van der Waals surface area contributed by atoms with E-state index in [2.05, 4.69) is 22.5 Å². The summed E-state index contributed by atoms with van der Waals surface area (Å²) < 4.78 is 23.8. The molecular formula is C23H34IN3O3S. The first-order chi connectivity index (χ1) is 14.6. The van der Waals surface area contributed by atoms with Crippen molar-refractivity contribution in [1.82, 2.24) is 10.6 Å². The average molecular weight is 560 g/mol. The number of halogens is 1. The lowest BCUT2D eigenvalue weighted by Gasteiger charge is -2.20. The predicted molar refractivity (Wildman–Crippen MR) is 139 cm³/mol. The average Bonchev–Trinajstić information content (AvgIpc) is 2.76. The van der Waals surface area contributed by atoms with Crippen molar-refractivity contribution in [3.05, 3.63) is 54.1 Å². The molecule has 0 amide bonds. The van der Waals surface area contributed by atoms with Gasteiger partial charge in [0.2, 0.25) is 0 Å². The summed E-state index contributed by atoms with van der Waals surface area (Å²) in [6, 6.07) is 15.5. The Hall–Kier alpha value is -1.81. The van der Waals surface area contributed by atoms with Crippen LogP contribution in [0.5, 0.6) is 11.5 Å². The molecule has 0 radical (unpaired) electrons. The van der Waals surface area contributed by atoms with E-state index in [4.69, 9.17) is 9.47 Å². The van der Waals surface area contributed by atoms with Crippen LogP contribution in [0.15, 0.2) is 58.4 Å². The fraction of sp³-hybridized carbons (Fsp3) is 0.435. The molecule has 0 aliphatic carbocycles. The summed E-state index contributed by atoms with van der Waals surface area (Å²) in [5, 5.41) is 6.66. The molecule has 0 heterocycles. The predicted octanol–water partition coefficient (Wildman–Crippen LogP) is 4.53.